The van der Waals surface area contributed by atoms with E-state index < -0.39 is 4.92 Å². The number of aromatic nitrogens is 2. The molecule has 0 aliphatic heterocycles. The number of benzene rings is 2. The van der Waals surface area contributed by atoms with Gasteiger partial charge in [-0.1, -0.05) is 18.2 Å². The van der Waals surface area contributed by atoms with Crippen molar-refractivity contribution < 1.29 is 9.72 Å². The summed E-state index contributed by atoms with van der Waals surface area (Å²) in [4.78, 5) is 22.7. The van der Waals surface area contributed by atoms with Gasteiger partial charge in [0.1, 0.15) is 0 Å². The number of hydrogen-bond donors (Lipinski definition) is 1. The summed E-state index contributed by atoms with van der Waals surface area (Å²) in [7, 11) is 0. The van der Waals surface area contributed by atoms with Gasteiger partial charge in [-0.3, -0.25) is 14.9 Å². The van der Waals surface area contributed by atoms with Crippen LogP contribution >= 0.6 is 0 Å². The van der Waals surface area contributed by atoms with E-state index in [9.17, 15) is 14.9 Å². The molecular formula is C20H20N4O3. The molecule has 0 bridgehead atoms. The number of nitro groups is 1. The lowest BCUT2D eigenvalue weighted by molar-refractivity contribution is -0.384. The van der Waals surface area contributed by atoms with Gasteiger partial charge in [-0.25, -0.2) is 4.68 Å². The van der Waals surface area contributed by atoms with Crippen molar-refractivity contribution in [2.45, 2.75) is 26.3 Å². The Kier molecular flexibility index (Phi) is 5.30. The summed E-state index contributed by atoms with van der Waals surface area (Å²) < 4.78 is 1.72. The Morgan fingerprint density at radius 2 is 1.81 bits per heavy atom. The maximum Gasteiger partial charge on any atom is 0.269 e. The molecule has 0 radical (unpaired) electrons. The van der Waals surface area contributed by atoms with Crippen molar-refractivity contribution in [1.82, 2.24) is 15.1 Å². The minimum atomic E-state index is -0.441. The quantitative estimate of drug-likeness (QED) is 0.535. The zero-order chi connectivity index (χ0) is 19.4. The van der Waals surface area contributed by atoms with Gasteiger partial charge >= 0.3 is 0 Å². The highest BCUT2D eigenvalue weighted by Crippen LogP contribution is 2.26. The molecule has 3 rings (SSSR count). The van der Waals surface area contributed by atoms with Gasteiger partial charge in [-0.05, 0) is 38.1 Å². The number of carbonyl (C=O) groups excluding carboxylic acids is 1. The first-order valence-corrected chi connectivity index (χ1v) is 8.62. The number of carbonyl (C=O) groups is 1. The summed E-state index contributed by atoms with van der Waals surface area (Å²) in [5.74, 6) is -0.0965. The molecule has 1 heterocycles. The molecular weight excluding hydrogens is 344 g/mol. The van der Waals surface area contributed by atoms with E-state index in [1.54, 1.807) is 16.8 Å². The Morgan fingerprint density at radius 1 is 1.15 bits per heavy atom. The second kappa shape index (κ2) is 7.82. The molecule has 3 aromatic rings. The van der Waals surface area contributed by atoms with Crippen LogP contribution in [0.5, 0.6) is 0 Å². The van der Waals surface area contributed by atoms with Gasteiger partial charge in [0.15, 0.2) is 0 Å². The molecule has 0 aliphatic rings. The van der Waals surface area contributed by atoms with Crippen molar-refractivity contribution >= 4 is 11.6 Å². The van der Waals surface area contributed by atoms with Crippen LogP contribution < -0.4 is 5.32 Å². The smallest absolute Gasteiger partial charge is 0.269 e. The van der Waals surface area contributed by atoms with Crippen LogP contribution in [0.1, 0.15) is 19.4 Å². The van der Waals surface area contributed by atoms with E-state index in [4.69, 9.17) is 0 Å². The summed E-state index contributed by atoms with van der Waals surface area (Å²) in [6, 6.07) is 15.8. The fourth-order valence-electron chi connectivity index (χ4n) is 2.78. The number of nitrogens with zero attached hydrogens (tertiary/aromatic N) is 3. The summed E-state index contributed by atoms with van der Waals surface area (Å²) >= 11 is 0. The van der Waals surface area contributed by atoms with E-state index >= 15 is 0 Å². The molecule has 7 heteroatoms. The normalized spacial score (nSPS) is 10.8. The maximum atomic E-state index is 12.3. The minimum Gasteiger partial charge on any atom is -0.354 e. The second-order valence-electron chi connectivity index (χ2n) is 6.49. The number of amides is 1. The summed E-state index contributed by atoms with van der Waals surface area (Å²) in [6.45, 7) is 3.81. The van der Waals surface area contributed by atoms with Crippen LogP contribution in [0.3, 0.4) is 0 Å². The Morgan fingerprint density at radius 3 is 2.41 bits per heavy atom. The third-order valence-corrected chi connectivity index (χ3v) is 3.96. The van der Waals surface area contributed by atoms with Crippen LogP contribution in [-0.4, -0.2) is 26.7 Å². The van der Waals surface area contributed by atoms with Gasteiger partial charge in [0.25, 0.3) is 5.69 Å². The average Bonchev–Trinajstić information content (AvgIpc) is 3.05. The number of non-ortho nitro benzene ring substituents is 1. The van der Waals surface area contributed by atoms with Crippen molar-refractivity contribution in [2.24, 2.45) is 0 Å². The zero-order valence-electron chi connectivity index (χ0n) is 15.1. The van der Waals surface area contributed by atoms with Gasteiger partial charge in [0.05, 0.1) is 22.7 Å². The van der Waals surface area contributed by atoms with Crippen LogP contribution in [-0.2, 0) is 11.2 Å². The summed E-state index contributed by atoms with van der Waals surface area (Å²) in [6.07, 6.45) is 2.00. The van der Waals surface area contributed by atoms with Crippen molar-refractivity contribution in [3.05, 3.63) is 76.5 Å². The Labute approximate surface area is 156 Å². The molecule has 0 saturated heterocycles. The monoisotopic (exact) mass is 364 g/mol. The molecule has 138 valence electrons. The molecule has 1 aromatic heterocycles. The fourth-order valence-corrected chi connectivity index (χ4v) is 2.78. The van der Waals surface area contributed by atoms with E-state index in [1.807, 2.05) is 50.4 Å². The molecule has 0 spiro atoms. The van der Waals surface area contributed by atoms with E-state index in [1.165, 1.54) is 12.1 Å². The largest absolute Gasteiger partial charge is 0.354 e. The highest BCUT2D eigenvalue weighted by molar-refractivity contribution is 5.81. The van der Waals surface area contributed by atoms with E-state index in [-0.39, 0.29) is 24.1 Å². The standard InChI is InChI=1S/C20H20N4O3/c1-14(2)21-19(25)12-16-13-23(17-6-4-3-5-7-17)22-20(16)15-8-10-18(11-9-15)24(26)27/h3-11,13-14H,12H2,1-2H3,(H,21,25). The van der Waals surface area contributed by atoms with Crippen molar-refractivity contribution in [3.63, 3.8) is 0 Å². The first-order valence-electron chi connectivity index (χ1n) is 8.62. The molecule has 7 nitrogen and oxygen atoms in total. The first-order chi connectivity index (χ1) is 12.9. The molecule has 0 aliphatic carbocycles. The molecule has 1 amide bonds. The third-order valence-electron chi connectivity index (χ3n) is 3.96. The molecule has 0 saturated carbocycles. The number of hydrogen-bond acceptors (Lipinski definition) is 4. The van der Waals surface area contributed by atoms with Gasteiger partial charge in [0, 0.05) is 35.5 Å². The molecule has 27 heavy (non-hydrogen) atoms. The van der Waals surface area contributed by atoms with E-state index in [0.29, 0.717) is 5.69 Å². The summed E-state index contributed by atoms with van der Waals surface area (Å²) in [5.41, 5.74) is 3.00. The van der Waals surface area contributed by atoms with E-state index in [0.717, 1.165) is 16.8 Å². The number of rotatable bonds is 6. The highest BCUT2D eigenvalue weighted by atomic mass is 16.6. The number of nitro benzene ring substituents is 1. The fraction of sp³-hybridized carbons (Fsp3) is 0.200. The number of para-hydroxylation sites is 1. The Hall–Kier alpha value is -3.48. The van der Waals surface area contributed by atoms with Crippen molar-refractivity contribution in [1.29, 1.82) is 0 Å². The zero-order valence-corrected chi connectivity index (χ0v) is 15.1. The predicted octanol–water partition coefficient (Wildman–Crippen LogP) is 3.51. The topological polar surface area (TPSA) is 90.1 Å². The van der Waals surface area contributed by atoms with Crippen molar-refractivity contribution in [2.75, 3.05) is 0 Å². The Balaban J connectivity index is 2.00. The molecule has 0 atom stereocenters. The van der Waals surface area contributed by atoms with Gasteiger partial charge in [0.2, 0.25) is 5.91 Å². The maximum absolute atomic E-state index is 12.3. The first kappa shape index (κ1) is 18.3. The molecule has 2 aromatic carbocycles. The molecule has 1 N–H and O–H groups in total. The van der Waals surface area contributed by atoms with Gasteiger partial charge in [-0.2, -0.15) is 5.10 Å². The lowest BCUT2D eigenvalue weighted by Crippen LogP contribution is -2.31. The lowest BCUT2D eigenvalue weighted by atomic mass is 10.1. The minimum absolute atomic E-state index is 0.0142. The second-order valence-corrected chi connectivity index (χ2v) is 6.49. The van der Waals surface area contributed by atoms with Crippen LogP contribution in [0, 0.1) is 10.1 Å². The van der Waals surface area contributed by atoms with Crippen molar-refractivity contribution in [3.8, 4) is 16.9 Å². The predicted molar refractivity (Wildman–Crippen MR) is 103 cm³/mol. The summed E-state index contributed by atoms with van der Waals surface area (Å²) in [5, 5.41) is 18.4. The lowest BCUT2D eigenvalue weighted by Gasteiger charge is -2.08. The highest BCUT2D eigenvalue weighted by Gasteiger charge is 2.17. The van der Waals surface area contributed by atoms with Crippen LogP contribution in [0.25, 0.3) is 16.9 Å². The Bertz CT molecular complexity index is 947. The van der Waals surface area contributed by atoms with Crippen LogP contribution in [0.15, 0.2) is 60.8 Å². The molecule has 0 fully saturated rings. The SMILES string of the molecule is CC(C)NC(=O)Cc1cn(-c2ccccc2)nc1-c1ccc([N+](=O)[O-])cc1. The number of nitrogens with one attached hydrogen (secondary N) is 1. The average molecular weight is 364 g/mol. The third kappa shape index (κ3) is 4.38. The van der Waals surface area contributed by atoms with Gasteiger partial charge in [-0.15, -0.1) is 0 Å². The van der Waals surface area contributed by atoms with E-state index in [2.05, 4.69) is 10.4 Å². The van der Waals surface area contributed by atoms with Gasteiger partial charge < -0.3 is 5.32 Å². The van der Waals surface area contributed by atoms with Crippen LogP contribution in [0.2, 0.25) is 0 Å². The molecule has 0 unspecified atom stereocenters. The van der Waals surface area contributed by atoms with Crippen LogP contribution in [0.4, 0.5) is 5.69 Å².